The summed E-state index contributed by atoms with van der Waals surface area (Å²) in [5, 5.41) is 18.7. The number of carboxylic acid groups (broad SMARTS) is 1. The fraction of sp³-hybridized carbons (Fsp3) is 0.345. The number of carbonyl (C=O) groups is 1. The predicted molar refractivity (Wildman–Crippen MR) is 146 cm³/mol. The summed E-state index contributed by atoms with van der Waals surface area (Å²) in [5.74, 6) is 0.978. The Morgan fingerprint density at radius 2 is 1.82 bits per heavy atom. The molecule has 4 aromatic rings. The first-order valence-corrected chi connectivity index (χ1v) is 13.9. The van der Waals surface area contributed by atoms with Gasteiger partial charge in [0.15, 0.2) is 0 Å². The Morgan fingerprint density at radius 3 is 2.50 bits per heavy atom. The van der Waals surface area contributed by atoms with Gasteiger partial charge in [-0.2, -0.15) is 4.98 Å². The van der Waals surface area contributed by atoms with Crippen LogP contribution in [0.1, 0.15) is 72.0 Å². The zero-order chi connectivity index (χ0) is 27.5. The van der Waals surface area contributed by atoms with Crippen molar-refractivity contribution in [3.05, 3.63) is 75.6 Å². The van der Waals surface area contributed by atoms with Crippen LogP contribution >= 0.6 is 23.2 Å². The number of carboxylic acids is 1. The summed E-state index contributed by atoms with van der Waals surface area (Å²) in [6.07, 6.45) is 12.8. The van der Waals surface area contributed by atoms with E-state index in [1.165, 1.54) is 12.1 Å². The molecule has 0 spiro atoms. The molecule has 1 aromatic carbocycles. The van der Waals surface area contributed by atoms with E-state index in [-0.39, 0.29) is 11.0 Å². The lowest BCUT2D eigenvalue weighted by atomic mass is 9.65. The van der Waals surface area contributed by atoms with Gasteiger partial charge in [-0.3, -0.25) is 4.98 Å². The van der Waals surface area contributed by atoms with Crippen LogP contribution in [0.4, 0.5) is 0 Å². The summed E-state index contributed by atoms with van der Waals surface area (Å²) in [7, 11) is 0. The number of hydrogen-bond acceptors (Lipinski definition) is 8. The number of benzene rings is 1. The number of nitrogens with zero attached hydrogens (tertiary/aromatic N) is 4. The highest BCUT2D eigenvalue weighted by Crippen LogP contribution is 2.55. The van der Waals surface area contributed by atoms with Crippen LogP contribution in [0, 0.1) is 5.41 Å². The van der Waals surface area contributed by atoms with Crippen molar-refractivity contribution in [1.29, 1.82) is 0 Å². The van der Waals surface area contributed by atoms with E-state index in [4.69, 9.17) is 37.0 Å². The molecular weight excluding hydrogens is 555 g/mol. The van der Waals surface area contributed by atoms with Gasteiger partial charge in [0.25, 0.3) is 5.89 Å². The third-order valence-electron chi connectivity index (χ3n) is 8.27. The Kier molecular flexibility index (Phi) is 6.07. The second-order valence-electron chi connectivity index (χ2n) is 10.8. The fourth-order valence-corrected chi connectivity index (χ4v) is 6.26. The molecule has 4 aliphatic rings. The van der Waals surface area contributed by atoms with Crippen LogP contribution in [0.25, 0.3) is 28.7 Å². The fourth-order valence-electron chi connectivity index (χ4n) is 5.72. The Balaban J connectivity index is 1.13. The van der Waals surface area contributed by atoms with E-state index < -0.39 is 11.6 Å². The highest BCUT2D eigenvalue weighted by atomic mass is 35.5. The van der Waals surface area contributed by atoms with E-state index in [2.05, 4.69) is 32.4 Å². The maximum atomic E-state index is 11.4. The largest absolute Gasteiger partial charge is 0.478 e. The van der Waals surface area contributed by atoms with Gasteiger partial charge in [0.1, 0.15) is 17.1 Å². The lowest BCUT2D eigenvalue weighted by Gasteiger charge is -2.50. The molecule has 40 heavy (non-hydrogen) atoms. The molecule has 204 valence electrons. The third-order valence-corrected chi connectivity index (χ3v) is 8.84. The highest BCUT2D eigenvalue weighted by molar-refractivity contribution is 6.39. The average Bonchev–Trinajstić information content (AvgIpc) is 3.53. The van der Waals surface area contributed by atoms with E-state index in [0.717, 1.165) is 49.8 Å². The van der Waals surface area contributed by atoms with E-state index in [1.807, 2.05) is 0 Å². The summed E-state index contributed by atoms with van der Waals surface area (Å²) in [6.45, 7) is 0.506. The molecule has 0 amide bonds. The molecule has 0 radical (unpaired) electrons. The molecule has 2 saturated carbocycles. The van der Waals surface area contributed by atoms with E-state index in [9.17, 15) is 9.90 Å². The van der Waals surface area contributed by atoms with Gasteiger partial charge in [0.05, 0.1) is 22.2 Å². The summed E-state index contributed by atoms with van der Waals surface area (Å²) in [5.41, 5.74) is 2.10. The minimum atomic E-state index is -1.01. The maximum Gasteiger partial charge on any atom is 0.335 e. The quantitative estimate of drug-likeness (QED) is 0.243. The van der Waals surface area contributed by atoms with Crippen molar-refractivity contribution in [2.24, 2.45) is 5.41 Å². The maximum absolute atomic E-state index is 11.4. The summed E-state index contributed by atoms with van der Waals surface area (Å²) >= 11 is 12.9. The van der Waals surface area contributed by atoms with Crippen LogP contribution in [0.2, 0.25) is 10.0 Å². The van der Waals surface area contributed by atoms with Crippen LogP contribution in [-0.4, -0.2) is 38.0 Å². The number of fused-ring (bicyclic) bond motifs is 3. The number of ether oxygens (including phenoxy) is 1. The Morgan fingerprint density at radius 1 is 1.05 bits per heavy atom. The van der Waals surface area contributed by atoms with Gasteiger partial charge in [0.2, 0.25) is 5.82 Å². The lowest BCUT2D eigenvalue weighted by molar-refractivity contribution is -0.186. The lowest BCUT2D eigenvalue weighted by Crippen LogP contribution is -2.48. The molecule has 9 nitrogen and oxygen atoms in total. The first-order valence-electron chi connectivity index (χ1n) is 13.2. The average molecular weight is 579 g/mol. The minimum Gasteiger partial charge on any atom is -0.478 e. The first-order chi connectivity index (χ1) is 19.4. The number of halogens is 2. The second-order valence-corrected chi connectivity index (χ2v) is 11.7. The molecule has 1 N–H and O–H groups in total. The van der Waals surface area contributed by atoms with Crippen molar-refractivity contribution >= 4 is 35.2 Å². The van der Waals surface area contributed by atoms with Gasteiger partial charge in [-0.25, -0.2) is 4.79 Å². The van der Waals surface area contributed by atoms with Crippen LogP contribution in [0.15, 0.2) is 51.8 Å². The topological polar surface area (TPSA) is 124 Å². The Hall–Kier alpha value is -3.53. The van der Waals surface area contributed by atoms with Crippen molar-refractivity contribution < 1.29 is 23.7 Å². The zero-order valence-electron chi connectivity index (χ0n) is 21.3. The van der Waals surface area contributed by atoms with E-state index >= 15 is 0 Å². The third kappa shape index (κ3) is 4.33. The molecule has 11 heteroatoms. The van der Waals surface area contributed by atoms with Crippen LogP contribution in [-0.2, 0) is 10.3 Å². The SMILES string of the molecule is O=C(O)c1cccc(-c2noc(C34CCC(C=Cc5c(-c6c(Cl)cncc6Cl)noc5C5CC5)(CC3)CO4)n2)c1. The molecule has 2 aliphatic carbocycles. The van der Waals surface area contributed by atoms with Gasteiger partial charge in [-0.05, 0) is 50.7 Å². The van der Waals surface area contributed by atoms with Gasteiger partial charge in [-0.1, -0.05) is 57.8 Å². The Bertz CT molecular complexity index is 1610. The number of pyridine rings is 1. The second kappa shape index (κ2) is 9.54. The van der Waals surface area contributed by atoms with Crippen molar-refractivity contribution in [3.63, 3.8) is 0 Å². The molecule has 2 bridgehead atoms. The minimum absolute atomic E-state index is 0.151. The number of rotatable bonds is 7. The zero-order valence-corrected chi connectivity index (χ0v) is 22.8. The molecule has 5 heterocycles. The highest BCUT2D eigenvalue weighted by Gasteiger charge is 2.52. The summed E-state index contributed by atoms with van der Waals surface area (Å²) < 4.78 is 17.9. The van der Waals surface area contributed by atoms with Gasteiger partial charge >= 0.3 is 5.97 Å². The van der Waals surface area contributed by atoms with Crippen LogP contribution in [0.3, 0.4) is 0 Å². The van der Waals surface area contributed by atoms with Crippen molar-refractivity contribution in [1.82, 2.24) is 20.3 Å². The Labute approximate surface area is 239 Å². The summed E-state index contributed by atoms with van der Waals surface area (Å²) in [6, 6.07) is 6.49. The standard InChI is InChI=1S/C29H24Cl2N4O5/c30-20-13-32-14-21(31)22(20)23-19(24(39-34-23)16-4-5-16)6-7-28-8-10-29(11-9-28,38-15-28)27-33-25(35-40-27)17-2-1-3-18(12-17)26(36)37/h1-3,6-7,12-14,16H,4-5,8-11,15H2,(H,36,37). The molecule has 0 unspecified atom stereocenters. The summed E-state index contributed by atoms with van der Waals surface area (Å²) in [4.78, 5) is 20.0. The normalized spacial score (nSPS) is 24.1. The van der Waals surface area contributed by atoms with Gasteiger partial charge < -0.3 is 18.9 Å². The first kappa shape index (κ1) is 25.4. The molecular formula is C29H24Cl2N4O5. The number of aromatic carboxylic acids is 1. The van der Waals surface area contributed by atoms with Crippen LogP contribution < -0.4 is 0 Å². The number of hydrogen-bond donors (Lipinski definition) is 1. The van der Waals surface area contributed by atoms with Gasteiger partial charge in [0, 0.05) is 40.4 Å². The molecule has 2 saturated heterocycles. The predicted octanol–water partition coefficient (Wildman–Crippen LogP) is 7.17. The molecule has 3 aromatic heterocycles. The number of aromatic nitrogens is 4. The van der Waals surface area contributed by atoms with Gasteiger partial charge in [-0.15, -0.1) is 0 Å². The molecule has 0 atom stereocenters. The van der Waals surface area contributed by atoms with Crippen LogP contribution in [0.5, 0.6) is 0 Å². The van der Waals surface area contributed by atoms with Crippen molar-refractivity contribution in [3.8, 4) is 22.6 Å². The van der Waals surface area contributed by atoms with Crippen molar-refractivity contribution in [2.75, 3.05) is 6.61 Å². The molecule has 2 aliphatic heterocycles. The van der Waals surface area contributed by atoms with Crippen molar-refractivity contribution in [2.45, 2.75) is 50.0 Å². The smallest absolute Gasteiger partial charge is 0.335 e. The molecule has 8 rings (SSSR count). The van der Waals surface area contributed by atoms with E-state index in [0.29, 0.717) is 51.1 Å². The monoisotopic (exact) mass is 578 g/mol. The molecule has 4 fully saturated rings. The van der Waals surface area contributed by atoms with E-state index in [1.54, 1.807) is 24.5 Å².